The van der Waals surface area contributed by atoms with Gasteiger partial charge < -0.3 is 20.1 Å². The molecule has 2 saturated heterocycles. The van der Waals surface area contributed by atoms with Crippen LogP contribution in [0.5, 0.6) is 0 Å². The number of hydrogen-bond donors (Lipinski definition) is 2. The zero-order valence-electron chi connectivity index (χ0n) is 16.1. The minimum Gasteiger partial charge on any atom is -0.371 e. The summed E-state index contributed by atoms with van der Waals surface area (Å²) in [5.74, 6) is 0.691. The van der Waals surface area contributed by atoms with Gasteiger partial charge in [0.1, 0.15) is 12.2 Å². The Labute approximate surface area is 156 Å². The van der Waals surface area contributed by atoms with E-state index in [1.54, 1.807) is 0 Å². The van der Waals surface area contributed by atoms with Gasteiger partial charge >= 0.3 is 0 Å². The van der Waals surface area contributed by atoms with Crippen molar-refractivity contribution in [1.29, 1.82) is 0 Å². The fourth-order valence-corrected chi connectivity index (χ4v) is 3.73. The van der Waals surface area contributed by atoms with Gasteiger partial charge in [0, 0.05) is 12.3 Å². The number of fused-ring (bicyclic) bond motifs is 1. The molecule has 3 rings (SSSR count). The van der Waals surface area contributed by atoms with Gasteiger partial charge in [0.2, 0.25) is 11.8 Å². The van der Waals surface area contributed by atoms with Crippen LogP contribution in [-0.4, -0.2) is 49.3 Å². The number of amides is 2. The smallest absolute Gasteiger partial charge is 0.223 e. The Morgan fingerprint density at radius 1 is 1.08 bits per heavy atom. The summed E-state index contributed by atoms with van der Waals surface area (Å²) in [7, 11) is 0. The van der Waals surface area contributed by atoms with E-state index in [0.717, 1.165) is 25.7 Å². The molecule has 2 aliphatic heterocycles. The van der Waals surface area contributed by atoms with Gasteiger partial charge in [-0.15, -0.1) is 0 Å². The second kappa shape index (κ2) is 8.53. The molecule has 3 aliphatic rings. The topological polar surface area (TPSA) is 76.7 Å². The number of carbonyl (C=O) groups is 2. The Balaban J connectivity index is 1.41. The lowest BCUT2D eigenvalue weighted by atomic mass is 10.00. The van der Waals surface area contributed by atoms with E-state index in [0.29, 0.717) is 25.6 Å². The summed E-state index contributed by atoms with van der Waals surface area (Å²) in [4.78, 5) is 24.3. The van der Waals surface area contributed by atoms with Crippen LogP contribution in [0.4, 0.5) is 0 Å². The number of rotatable bonds is 8. The molecule has 1 aliphatic carbocycles. The Bertz CT molecular complexity index is 554. The molecule has 0 aromatic rings. The highest BCUT2D eigenvalue weighted by Gasteiger charge is 2.49. The third-order valence-corrected chi connectivity index (χ3v) is 5.42. The quantitative estimate of drug-likeness (QED) is 0.645. The molecule has 6 nitrogen and oxygen atoms in total. The first-order valence-corrected chi connectivity index (χ1v) is 9.90. The lowest BCUT2D eigenvalue weighted by Gasteiger charge is -2.19. The van der Waals surface area contributed by atoms with Crippen molar-refractivity contribution in [3.8, 4) is 0 Å². The third-order valence-electron chi connectivity index (χ3n) is 5.42. The van der Waals surface area contributed by atoms with E-state index in [1.807, 2.05) is 0 Å². The first kappa shape index (κ1) is 19.4. The highest BCUT2D eigenvalue weighted by Crippen LogP contribution is 2.31. The van der Waals surface area contributed by atoms with Crippen molar-refractivity contribution in [1.82, 2.24) is 10.6 Å². The van der Waals surface area contributed by atoms with Gasteiger partial charge in [0.25, 0.3) is 0 Å². The molecule has 2 N–H and O–H groups in total. The summed E-state index contributed by atoms with van der Waals surface area (Å²) >= 11 is 0. The van der Waals surface area contributed by atoms with Gasteiger partial charge in [0.15, 0.2) is 0 Å². The minimum absolute atomic E-state index is 0.0537. The molecule has 146 valence electrons. The molecule has 0 aromatic carbocycles. The summed E-state index contributed by atoms with van der Waals surface area (Å²) in [6, 6.07) is -0.224. The first-order chi connectivity index (χ1) is 12.4. The van der Waals surface area contributed by atoms with E-state index in [1.165, 1.54) is 5.57 Å². The van der Waals surface area contributed by atoms with Crippen LogP contribution >= 0.6 is 0 Å². The predicted molar refractivity (Wildman–Crippen MR) is 98.5 cm³/mol. The zero-order chi connectivity index (χ0) is 18.7. The minimum atomic E-state index is -0.163. The SMILES string of the molecule is CC(C)=CCCC(C)CC(=O)N[C@H]1CO[C@H]2[C@@H]1OC[C@@H]2NC(=O)C1CC1. The molecule has 0 bridgehead atoms. The van der Waals surface area contributed by atoms with Crippen LogP contribution < -0.4 is 10.6 Å². The summed E-state index contributed by atoms with van der Waals surface area (Å²) in [6.07, 6.45) is 6.41. The second-order valence-electron chi connectivity index (χ2n) is 8.33. The Morgan fingerprint density at radius 3 is 2.27 bits per heavy atom. The Kier molecular flexibility index (Phi) is 6.35. The van der Waals surface area contributed by atoms with Crippen molar-refractivity contribution < 1.29 is 19.1 Å². The molecule has 6 heteroatoms. The largest absolute Gasteiger partial charge is 0.371 e. The average molecular weight is 364 g/mol. The van der Waals surface area contributed by atoms with Crippen LogP contribution in [0.15, 0.2) is 11.6 Å². The normalized spacial score (nSPS) is 31.2. The van der Waals surface area contributed by atoms with Crippen molar-refractivity contribution in [2.75, 3.05) is 13.2 Å². The Morgan fingerprint density at radius 2 is 1.69 bits per heavy atom. The van der Waals surface area contributed by atoms with Crippen LogP contribution in [-0.2, 0) is 19.1 Å². The summed E-state index contributed by atoms with van der Waals surface area (Å²) in [6.45, 7) is 7.20. The molecule has 0 radical (unpaired) electrons. The van der Waals surface area contributed by atoms with Crippen molar-refractivity contribution in [2.45, 2.75) is 77.2 Å². The van der Waals surface area contributed by atoms with E-state index >= 15 is 0 Å². The van der Waals surface area contributed by atoms with Crippen LogP contribution in [0.25, 0.3) is 0 Å². The molecule has 5 atom stereocenters. The first-order valence-electron chi connectivity index (χ1n) is 9.90. The van der Waals surface area contributed by atoms with Crippen molar-refractivity contribution >= 4 is 11.8 Å². The van der Waals surface area contributed by atoms with Gasteiger partial charge in [-0.2, -0.15) is 0 Å². The van der Waals surface area contributed by atoms with Crippen molar-refractivity contribution in [3.63, 3.8) is 0 Å². The third kappa shape index (κ3) is 5.07. The molecule has 26 heavy (non-hydrogen) atoms. The fourth-order valence-electron chi connectivity index (χ4n) is 3.73. The van der Waals surface area contributed by atoms with Gasteiger partial charge in [-0.25, -0.2) is 0 Å². The lowest BCUT2D eigenvalue weighted by molar-refractivity contribution is -0.124. The summed E-state index contributed by atoms with van der Waals surface area (Å²) in [5.41, 5.74) is 1.32. The van der Waals surface area contributed by atoms with Crippen LogP contribution in [0.2, 0.25) is 0 Å². The zero-order valence-corrected chi connectivity index (χ0v) is 16.1. The maximum absolute atomic E-state index is 12.3. The van der Waals surface area contributed by atoms with Crippen LogP contribution in [0.3, 0.4) is 0 Å². The fraction of sp³-hybridized carbons (Fsp3) is 0.800. The van der Waals surface area contributed by atoms with Gasteiger partial charge in [-0.3, -0.25) is 9.59 Å². The summed E-state index contributed by atoms with van der Waals surface area (Å²) in [5, 5.41) is 6.12. The maximum atomic E-state index is 12.3. The average Bonchev–Trinajstić information content (AvgIpc) is 3.24. The highest BCUT2D eigenvalue weighted by atomic mass is 16.6. The molecule has 2 heterocycles. The van der Waals surface area contributed by atoms with Gasteiger partial charge in [0.05, 0.1) is 25.3 Å². The molecule has 3 fully saturated rings. The summed E-state index contributed by atoms with van der Waals surface area (Å²) < 4.78 is 11.7. The molecule has 2 amide bonds. The molecular formula is C20H32N2O4. The number of allylic oxidation sites excluding steroid dienone is 2. The molecular weight excluding hydrogens is 332 g/mol. The predicted octanol–water partition coefficient (Wildman–Crippen LogP) is 1.94. The van der Waals surface area contributed by atoms with E-state index in [9.17, 15) is 9.59 Å². The van der Waals surface area contributed by atoms with E-state index in [-0.39, 0.29) is 42.0 Å². The van der Waals surface area contributed by atoms with Crippen molar-refractivity contribution in [2.24, 2.45) is 11.8 Å². The number of carbonyl (C=O) groups excluding carboxylic acids is 2. The maximum Gasteiger partial charge on any atom is 0.223 e. The monoisotopic (exact) mass is 364 g/mol. The molecule has 0 aromatic heterocycles. The molecule has 1 unspecified atom stereocenters. The van der Waals surface area contributed by atoms with Gasteiger partial charge in [-0.05, 0) is 45.4 Å². The van der Waals surface area contributed by atoms with Crippen LogP contribution in [0, 0.1) is 11.8 Å². The highest BCUT2D eigenvalue weighted by molar-refractivity contribution is 5.81. The van der Waals surface area contributed by atoms with E-state index < -0.39 is 0 Å². The van der Waals surface area contributed by atoms with E-state index in [4.69, 9.17) is 9.47 Å². The standard InChI is InChI=1S/C20H32N2O4/c1-12(2)5-4-6-13(3)9-17(23)21-15-10-25-19-16(11-26-18(15)19)22-20(24)14-7-8-14/h5,13-16,18-19H,4,6-11H2,1-3H3,(H,21,23)(H,22,24)/t13?,15-,16-,18+,19+/m0/s1. The lowest BCUT2D eigenvalue weighted by Crippen LogP contribution is -2.47. The van der Waals surface area contributed by atoms with Crippen LogP contribution in [0.1, 0.15) is 52.9 Å². The Hall–Kier alpha value is -1.40. The molecule has 1 saturated carbocycles. The van der Waals surface area contributed by atoms with E-state index in [2.05, 4.69) is 37.5 Å². The number of hydrogen-bond acceptors (Lipinski definition) is 4. The van der Waals surface area contributed by atoms with Crippen molar-refractivity contribution in [3.05, 3.63) is 11.6 Å². The van der Waals surface area contributed by atoms with Gasteiger partial charge in [-0.1, -0.05) is 18.6 Å². The second-order valence-corrected chi connectivity index (χ2v) is 8.33. The molecule has 0 spiro atoms. The number of nitrogens with one attached hydrogen (secondary N) is 2. The number of ether oxygens (including phenoxy) is 2.